The standard InChI is InChI=1S/C35H27F2N5O2/c36-25-11-14-30-28(21-25)35(43)41(34(39-30)27-5-1-2-6-29(27)37)19-20-44-26-12-9-24(10-13-26)33-40-31-7-3-4-8-32(31)42(33)22-23-15-17-38-18-16-23/h1-18,21,34,39H,19-20,22H2. The Morgan fingerprint density at radius 3 is 2.45 bits per heavy atom. The number of pyridine rings is 1. The van der Waals surface area contributed by atoms with Crippen molar-refractivity contribution in [3.8, 4) is 17.1 Å². The SMILES string of the molecule is O=C1c2cc(F)ccc2NC(c2ccccc2F)N1CCOc1ccc(-c2nc3ccccc3n2Cc2ccncc2)cc1. The number of hydrogen-bond acceptors (Lipinski definition) is 5. The number of anilines is 1. The molecule has 1 unspecified atom stereocenters. The fourth-order valence-corrected chi connectivity index (χ4v) is 5.58. The van der Waals surface area contributed by atoms with E-state index >= 15 is 0 Å². The molecule has 1 atom stereocenters. The van der Waals surface area contributed by atoms with Gasteiger partial charge in [0.2, 0.25) is 0 Å². The maximum Gasteiger partial charge on any atom is 0.258 e. The van der Waals surface area contributed by atoms with Gasteiger partial charge in [0.25, 0.3) is 5.91 Å². The van der Waals surface area contributed by atoms with E-state index in [0.717, 1.165) is 28.0 Å². The molecule has 1 N–H and O–H groups in total. The van der Waals surface area contributed by atoms with E-state index in [9.17, 15) is 13.6 Å². The largest absolute Gasteiger partial charge is 0.492 e. The molecule has 0 radical (unpaired) electrons. The van der Waals surface area contributed by atoms with E-state index in [1.54, 1.807) is 30.6 Å². The topological polar surface area (TPSA) is 72.3 Å². The van der Waals surface area contributed by atoms with E-state index in [1.165, 1.54) is 29.2 Å². The first-order valence-corrected chi connectivity index (χ1v) is 14.2. The number of nitrogens with one attached hydrogen (secondary N) is 1. The van der Waals surface area contributed by atoms with Crippen molar-refractivity contribution in [1.29, 1.82) is 0 Å². The number of hydrogen-bond donors (Lipinski definition) is 1. The molecule has 0 bridgehead atoms. The molecule has 0 aliphatic carbocycles. The van der Waals surface area contributed by atoms with Gasteiger partial charge in [-0.3, -0.25) is 9.78 Å². The summed E-state index contributed by atoms with van der Waals surface area (Å²) in [6.45, 7) is 0.928. The third-order valence-electron chi connectivity index (χ3n) is 7.73. The Morgan fingerprint density at radius 2 is 1.64 bits per heavy atom. The van der Waals surface area contributed by atoms with Crippen LogP contribution in [0.15, 0.2) is 116 Å². The number of aromatic nitrogens is 3. The zero-order valence-electron chi connectivity index (χ0n) is 23.5. The predicted molar refractivity (Wildman–Crippen MR) is 164 cm³/mol. The molecule has 6 aromatic rings. The molecule has 0 saturated heterocycles. The highest BCUT2D eigenvalue weighted by Crippen LogP contribution is 2.34. The fraction of sp³-hybridized carbons (Fsp3) is 0.114. The van der Waals surface area contributed by atoms with Gasteiger partial charge in [0.05, 0.1) is 23.1 Å². The highest BCUT2D eigenvalue weighted by Gasteiger charge is 2.34. The first-order valence-electron chi connectivity index (χ1n) is 14.2. The van der Waals surface area contributed by atoms with Crippen LogP contribution >= 0.6 is 0 Å². The van der Waals surface area contributed by atoms with Crippen LogP contribution in [0.2, 0.25) is 0 Å². The second-order valence-corrected chi connectivity index (χ2v) is 10.5. The van der Waals surface area contributed by atoms with Crippen molar-refractivity contribution in [2.45, 2.75) is 12.7 Å². The number of amides is 1. The van der Waals surface area contributed by atoms with Gasteiger partial charge in [-0.25, -0.2) is 13.8 Å². The van der Waals surface area contributed by atoms with E-state index in [2.05, 4.69) is 20.9 Å². The Morgan fingerprint density at radius 1 is 0.864 bits per heavy atom. The third-order valence-corrected chi connectivity index (χ3v) is 7.73. The van der Waals surface area contributed by atoms with Crippen molar-refractivity contribution in [3.63, 3.8) is 0 Å². The van der Waals surface area contributed by atoms with Crippen molar-refractivity contribution < 1.29 is 18.3 Å². The normalized spacial score (nSPS) is 14.4. The van der Waals surface area contributed by atoms with E-state index in [-0.39, 0.29) is 18.7 Å². The molecule has 9 heteroatoms. The summed E-state index contributed by atoms with van der Waals surface area (Å²) in [5.41, 5.74) is 4.94. The zero-order chi connectivity index (χ0) is 30.0. The molecule has 4 aromatic carbocycles. The fourth-order valence-electron chi connectivity index (χ4n) is 5.58. The second kappa shape index (κ2) is 11.6. The number of carbonyl (C=O) groups excluding carboxylic acids is 1. The lowest BCUT2D eigenvalue weighted by molar-refractivity contribution is 0.0647. The summed E-state index contributed by atoms with van der Waals surface area (Å²) in [5.74, 6) is 0.0715. The van der Waals surface area contributed by atoms with Crippen molar-refractivity contribution in [2.75, 3.05) is 18.5 Å². The van der Waals surface area contributed by atoms with E-state index in [4.69, 9.17) is 9.72 Å². The maximum atomic E-state index is 14.8. The zero-order valence-corrected chi connectivity index (χ0v) is 23.5. The summed E-state index contributed by atoms with van der Waals surface area (Å²) >= 11 is 0. The van der Waals surface area contributed by atoms with Gasteiger partial charge in [-0.05, 0) is 78.4 Å². The lowest BCUT2D eigenvalue weighted by atomic mass is 10.0. The highest BCUT2D eigenvalue weighted by molar-refractivity contribution is 6.01. The van der Waals surface area contributed by atoms with E-state index in [0.29, 0.717) is 23.5 Å². The third kappa shape index (κ3) is 5.24. The molecular formula is C35H27F2N5O2. The van der Waals surface area contributed by atoms with Gasteiger partial charge in [0.1, 0.15) is 36.0 Å². The van der Waals surface area contributed by atoms with Crippen LogP contribution in [0.5, 0.6) is 5.75 Å². The maximum absolute atomic E-state index is 14.8. The van der Waals surface area contributed by atoms with Gasteiger partial charge in [-0.15, -0.1) is 0 Å². The summed E-state index contributed by atoms with van der Waals surface area (Å²) in [6, 6.07) is 29.9. The summed E-state index contributed by atoms with van der Waals surface area (Å²) in [5, 5.41) is 3.20. The lowest BCUT2D eigenvalue weighted by Gasteiger charge is -2.38. The number of imidazole rings is 1. The number of halogens is 2. The van der Waals surface area contributed by atoms with Gasteiger partial charge in [0.15, 0.2) is 0 Å². The number of para-hydroxylation sites is 2. The Bertz CT molecular complexity index is 1960. The molecule has 3 heterocycles. The minimum Gasteiger partial charge on any atom is -0.492 e. The summed E-state index contributed by atoms with van der Waals surface area (Å²) < 4.78 is 37.0. The molecule has 7 rings (SSSR count). The van der Waals surface area contributed by atoms with Gasteiger partial charge < -0.3 is 19.5 Å². The number of ether oxygens (including phenoxy) is 1. The van der Waals surface area contributed by atoms with Gasteiger partial charge in [-0.2, -0.15) is 0 Å². The average Bonchev–Trinajstić information content (AvgIpc) is 3.41. The quantitative estimate of drug-likeness (QED) is 0.206. The molecule has 44 heavy (non-hydrogen) atoms. The van der Waals surface area contributed by atoms with Crippen LogP contribution in [0.3, 0.4) is 0 Å². The van der Waals surface area contributed by atoms with Gasteiger partial charge in [0, 0.05) is 35.8 Å². The summed E-state index contributed by atoms with van der Waals surface area (Å²) in [7, 11) is 0. The number of rotatable bonds is 8. The van der Waals surface area contributed by atoms with Crippen LogP contribution in [-0.2, 0) is 6.54 Å². The molecule has 1 amide bonds. The number of nitrogens with zero attached hydrogens (tertiary/aromatic N) is 4. The van der Waals surface area contributed by atoms with E-state index in [1.807, 2.05) is 54.6 Å². The smallest absolute Gasteiger partial charge is 0.258 e. The van der Waals surface area contributed by atoms with Gasteiger partial charge in [-0.1, -0.05) is 30.3 Å². The first kappa shape index (κ1) is 27.3. The molecule has 2 aromatic heterocycles. The highest BCUT2D eigenvalue weighted by atomic mass is 19.1. The van der Waals surface area contributed by atoms with Crippen LogP contribution < -0.4 is 10.1 Å². The Labute approximate surface area is 252 Å². The van der Waals surface area contributed by atoms with Crippen LogP contribution in [0.25, 0.3) is 22.4 Å². The molecule has 0 spiro atoms. The number of carbonyl (C=O) groups is 1. The predicted octanol–water partition coefficient (Wildman–Crippen LogP) is 7.07. The van der Waals surface area contributed by atoms with Crippen LogP contribution in [0.4, 0.5) is 14.5 Å². The molecule has 1 aliphatic heterocycles. The monoisotopic (exact) mass is 587 g/mol. The van der Waals surface area contributed by atoms with Gasteiger partial charge >= 0.3 is 0 Å². The van der Waals surface area contributed by atoms with Crippen molar-refractivity contribution in [1.82, 2.24) is 19.4 Å². The second-order valence-electron chi connectivity index (χ2n) is 10.5. The molecular weight excluding hydrogens is 560 g/mol. The first-order chi connectivity index (χ1) is 21.5. The van der Waals surface area contributed by atoms with Crippen LogP contribution in [0, 0.1) is 11.6 Å². The number of benzene rings is 4. The minimum absolute atomic E-state index is 0.142. The summed E-state index contributed by atoms with van der Waals surface area (Å²) in [6.07, 6.45) is 2.79. The Hall–Kier alpha value is -5.57. The number of fused-ring (bicyclic) bond motifs is 2. The average molecular weight is 588 g/mol. The molecule has 1 aliphatic rings. The molecule has 0 fully saturated rings. The lowest BCUT2D eigenvalue weighted by Crippen LogP contribution is -2.45. The Kier molecular flexibility index (Phi) is 7.19. The van der Waals surface area contributed by atoms with Crippen molar-refractivity contribution >= 4 is 22.6 Å². The van der Waals surface area contributed by atoms with Crippen molar-refractivity contribution in [3.05, 3.63) is 144 Å². The molecule has 7 nitrogen and oxygen atoms in total. The van der Waals surface area contributed by atoms with E-state index < -0.39 is 23.7 Å². The van der Waals surface area contributed by atoms with Crippen molar-refractivity contribution in [2.24, 2.45) is 0 Å². The Balaban J connectivity index is 1.10. The molecule has 0 saturated carbocycles. The summed E-state index contributed by atoms with van der Waals surface area (Å²) in [4.78, 5) is 24.0. The minimum atomic E-state index is -0.777. The molecule has 218 valence electrons. The van der Waals surface area contributed by atoms with Crippen LogP contribution in [-0.4, -0.2) is 38.5 Å². The van der Waals surface area contributed by atoms with Crippen LogP contribution in [0.1, 0.15) is 27.7 Å².